The molecule has 1 heterocycles. The number of halogens is 1. The quantitative estimate of drug-likeness (QED) is 0.711. The van der Waals surface area contributed by atoms with Gasteiger partial charge in [-0.25, -0.2) is 4.98 Å². The Morgan fingerprint density at radius 2 is 2.33 bits per heavy atom. The topological polar surface area (TPSA) is 25.4 Å². The molecule has 0 N–H and O–H groups in total. The highest BCUT2D eigenvalue weighted by Crippen LogP contribution is 2.37. The van der Waals surface area contributed by atoms with Crippen LogP contribution in [0, 0.1) is 5.92 Å². The largest absolute Gasteiger partial charge is 0.383 e. The van der Waals surface area contributed by atoms with Crippen LogP contribution in [0.1, 0.15) is 25.3 Å². The highest BCUT2D eigenvalue weighted by atomic mass is 35.5. The summed E-state index contributed by atoms with van der Waals surface area (Å²) < 4.78 is 5.22. The number of anilines is 1. The molecule has 1 unspecified atom stereocenters. The number of aromatic nitrogens is 1. The van der Waals surface area contributed by atoms with Crippen LogP contribution in [0.3, 0.4) is 0 Å². The minimum Gasteiger partial charge on any atom is -0.383 e. The molecule has 4 heteroatoms. The summed E-state index contributed by atoms with van der Waals surface area (Å²) in [4.78, 5) is 6.87. The molecule has 3 nitrogen and oxygen atoms in total. The van der Waals surface area contributed by atoms with Crippen molar-refractivity contribution in [1.82, 2.24) is 4.98 Å². The highest BCUT2D eigenvalue weighted by molar-refractivity contribution is 6.17. The molecular weight excluding hydrogens is 248 g/mol. The van der Waals surface area contributed by atoms with Gasteiger partial charge >= 0.3 is 0 Å². The van der Waals surface area contributed by atoms with Gasteiger partial charge in [-0.2, -0.15) is 0 Å². The van der Waals surface area contributed by atoms with Crippen LogP contribution < -0.4 is 4.90 Å². The van der Waals surface area contributed by atoms with E-state index in [0.29, 0.717) is 11.9 Å². The van der Waals surface area contributed by atoms with Gasteiger partial charge in [0.25, 0.3) is 0 Å². The Kier molecular flexibility index (Phi) is 4.84. The Balaban J connectivity index is 2.20. The van der Waals surface area contributed by atoms with E-state index < -0.39 is 0 Å². The lowest BCUT2D eigenvalue weighted by atomic mass is 10.1. The molecule has 1 aliphatic carbocycles. The van der Waals surface area contributed by atoms with E-state index in [9.17, 15) is 0 Å². The Morgan fingerprint density at radius 1 is 1.56 bits per heavy atom. The second-order valence-corrected chi connectivity index (χ2v) is 5.15. The van der Waals surface area contributed by atoms with Crippen molar-refractivity contribution in [3.63, 3.8) is 0 Å². The predicted molar refractivity (Wildman–Crippen MR) is 75.2 cm³/mol. The summed E-state index contributed by atoms with van der Waals surface area (Å²) in [6.07, 6.45) is 4.49. The Morgan fingerprint density at radius 3 is 2.94 bits per heavy atom. The van der Waals surface area contributed by atoms with E-state index >= 15 is 0 Å². The normalized spacial score (nSPS) is 16.6. The lowest BCUT2D eigenvalue weighted by molar-refractivity contribution is 0.202. The first-order valence-corrected chi connectivity index (χ1v) is 7.06. The number of hydrogen-bond donors (Lipinski definition) is 0. The summed E-state index contributed by atoms with van der Waals surface area (Å²) >= 11 is 6.01. The van der Waals surface area contributed by atoms with Crippen molar-refractivity contribution in [3.8, 4) is 0 Å². The van der Waals surface area contributed by atoms with Gasteiger partial charge in [-0.1, -0.05) is 6.07 Å². The average molecular weight is 269 g/mol. The first-order chi connectivity index (χ1) is 8.77. The SMILES string of the molecule is COCCN(c1ncccc1CCl)C(C)C1CC1. The van der Waals surface area contributed by atoms with E-state index in [1.165, 1.54) is 12.8 Å². The van der Waals surface area contributed by atoms with Gasteiger partial charge in [0, 0.05) is 31.5 Å². The molecule has 0 spiro atoms. The summed E-state index contributed by atoms with van der Waals surface area (Å²) in [5.74, 6) is 2.32. The Hall–Kier alpha value is -0.800. The van der Waals surface area contributed by atoms with Gasteiger partial charge in [0.1, 0.15) is 5.82 Å². The predicted octanol–water partition coefficient (Wildman–Crippen LogP) is 3.07. The summed E-state index contributed by atoms with van der Waals surface area (Å²) in [5.41, 5.74) is 1.10. The van der Waals surface area contributed by atoms with Gasteiger partial charge < -0.3 is 9.64 Å². The van der Waals surface area contributed by atoms with Crippen LogP contribution in [0.4, 0.5) is 5.82 Å². The van der Waals surface area contributed by atoms with Crippen molar-refractivity contribution in [2.24, 2.45) is 5.92 Å². The Labute approximate surface area is 114 Å². The lowest BCUT2D eigenvalue weighted by Gasteiger charge is -2.31. The van der Waals surface area contributed by atoms with E-state index in [1.54, 1.807) is 7.11 Å². The molecule has 1 fully saturated rings. The van der Waals surface area contributed by atoms with E-state index in [4.69, 9.17) is 16.3 Å². The van der Waals surface area contributed by atoms with Gasteiger partial charge in [0.15, 0.2) is 0 Å². The van der Waals surface area contributed by atoms with Crippen LogP contribution in [0.15, 0.2) is 18.3 Å². The number of nitrogens with zero attached hydrogens (tertiary/aromatic N) is 2. The minimum atomic E-state index is 0.504. The zero-order chi connectivity index (χ0) is 13.0. The van der Waals surface area contributed by atoms with Gasteiger partial charge in [-0.15, -0.1) is 11.6 Å². The molecule has 0 aromatic carbocycles. The molecule has 0 radical (unpaired) electrons. The molecule has 1 aromatic rings. The van der Waals surface area contributed by atoms with Gasteiger partial charge in [0.05, 0.1) is 12.5 Å². The van der Waals surface area contributed by atoms with E-state index in [2.05, 4.69) is 22.9 Å². The number of ether oxygens (including phenoxy) is 1. The fraction of sp³-hybridized carbons (Fsp3) is 0.643. The summed E-state index contributed by atoms with van der Waals surface area (Å²) in [7, 11) is 1.74. The van der Waals surface area contributed by atoms with Crippen molar-refractivity contribution >= 4 is 17.4 Å². The van der Waals surface area contributed by atoms with Crippen LogP contribution in [0.2, 0.25) is 0 Å². The molecule has 0 amide bonds. The van der Waals surface area contributed by atoms with Crippen molar-refractivity contribution in [2.75, 3.05) is 25.2 Å². The minimum absolute atomic E-state index is 0.504. The van der Waals surface area contributed by atoms with Crippen molar-refractivity contribution in [3.05, 3.63) is 23.9 Å². The highest BCUT2D eigenvalue weighted by Gasteiger charge is 2.33. The molecule has 18 heavy (non-hydrogen) atoms. The summed E-state index contributed by atoms with van der Waals surface area (Å²) in [6.45, 7) is 3.87. The van der Waals surface area contributed by atoms with Crippen LogP contribution in [-0.2, 0) is 10.6 Å². The molecular formula is C14H21ClN2O. The smallest absolute Gasteiger partial charge is 0.133 e. The fourth-order valence-electron chi connectivity index (χ4n) is 2.32. The number of methoxy groups -OCH3 is 1. The van der Waals surface area contributed by atoms with Crippen molar-refractivity contribution in [1.29, 1.82) is 0 Å². The van der Waals surface area contributed by atoms with E-state index in [-0.39, 0.29) is 0 Å². The molecule has 1 aliphatic rings. The van der Waals surface area contributed by atoms with Crippen molar-refractivity contribution < 1.29 is 4.74 Å². The van der Waals surface area contributed by atoms with Gasteiger partial charge in [-0.3, -0.25) is 0 Å². The summed E-state index contributed by atoms with van der Waals surface area (Å²) in [6, 6.07) is 4.50. The van der Waals surface area contributed by atoms with Crippen LogP contribution >= 0.6 is 11.6 Å². The van der Waals surface area contributed by atoms with Crippen LogP contribution in [0.25, 0.3) is 0 Å². The summed E-state index contributed by atoms with van der Waals surface area (Å²) in [5, 5.41) is 0. The van der Waals surface area contributed by atoms with Gasteiger partial charge in [0.2, 0.25) is 0 Å². The van der Waals surface area contributed by atoms with Crippen LogP contribution in [0.5, 0.6) is 0 Å². The maximum atomic E-state index is 6.01. The Bertz CT molecular complexity index is 382. The maximum absolute atomic E-state index is 6.01. The second kappa shape index (κ2) is 6.39. The molecule has 1 atom stereocenters. The third kappa shape index (κ3) is 3.15. The molecule has 0 bridgehead atoms. The number of rotatable bonds is 7. The first-order valence-electron chi connectivity index (χ1n) is 6.53. The molecule has 2 rings (SSSR count). The monoisotopic (exact) mass is 268 g/mol. The maximum Gasteiger partial charge on any atom is 0.133 e. The standard InChI is InChI=1S/C14H21ClN2O/c1-11(12-5-6-12)17(8-9-18-2)14-13(10-15)4-3-7-16-14/h3-4,7,11-12H,5-6,8-10H2,1-2H3. The third-order valence-electron chi connectivity index (χ3n) is 3.62. The molecule has 0 aliphatic heterocycles. The van der Waals surface area contributed by atoms with Crippen LogP contribution in [-0.4, -0.2) is 31.3 Å². The third-order valence-corrected chi connectivity index (χ3v) is 3.90. The van der Waals surface area contributed by atoms with E-state index in [0.717, 1.165) is 30.5 Å². The van der Waals surface area contributed by atoms with Gasteiger partial charge in [-0.05, 0) is 31.7 Å². The second-order valence-electron chi connectivity index (χ2n) is 4.88. The lowest BCUT2D eigenvalue weighted by Crippen LogP contribution is -2.38. The molecule has 100 valence electrons. The van der Waals surface area contributed by atoms with E-state index in [1.807, 2.05) is 12.3 Å². The molecule has 1 saturated carbocycles. The molecule has 0 saturated heterocycles. The first kappa shape index (κ1) is 13.6. The number of hydrogen-bond acceptors (Lipinski definition) is 3. The zero-order valence-corrected chi connectivity index (χ0v) is 11.9. The van der Waals surface area contributed by atoms with Crippen molar-refractivity contribution in [2.45, 2.75) is 31.7 Å². The average Bonchev–Trinajstić information content (AvgIpc) is 3.23. The number of alkyl halides is 1. The zero-order valence-electron chi connectivity index (χ0n) is 11.1. The fourth-order valence-corrected chi connectivity index (χ4v) is 2.53. The molecule has 1 aromatic heterocycles. The number of pyridine rings is 1.